The number of amides is 2. The molecular weight excluding hydrogens is 939 g/mol. The van der Waals surface area contributed by atoms with E-state index in [2.05, 4.69) is 50.2 Å². The molecule has 350 valence electrons. The van der Waals surface area contributed by atoms with Crippen LogP contribution >= 0.6 is 14.5 Å². The van der Waals surface area contributed by atoms with Crippen molar-refractivity contribution in [2.45, 2.75) is 62.2 Å². The molecule has 3 N–H and O–H groups in total. The van der Waals surface area contributed by atoms with Gasteiger partial charge in [0.05, 0.1) is 32.5 Å². The fourth-order valence-electron chi connectivity index (χ4n) is 8.38. The Labute approximate surface area is 384 Å². The molecule has 5 aromatic rings. The van der Waals surface area contributed by atoms with Crippen LogP contribution in [0.2, 0.25) is 0 Å². The minimum absolute atomic E-state index is 0.0313. The number of aromatic nitrogens is 8. The molecule has 4 saturated heterocycles. The van der Waals surface area contributed by atoms with Gasteiger partial charge in [-0.25, -0.2) is 37.6 Å². The maximum atomic E-state index is 14.9. The van der Waals surface area contributed by atoms with Gasteiger partial charge in [-0.05, 0) is 30.4 Å². The number of nitrogens with one attached hydrogen (secondary N) is 3. The van der Waals surface area contributed by atoms with E-state index >= 15 is 0 Å². The highest BCUT2D eigenvalue weighted by Gasteiger charge is 2.72. The van der Waals surface area contributed by atoms with E-state index in [0.717, 1.165) is 0 Å². The molecule has 5 fully saturated rings. The van der Waals surface area contributed by atoms with Crippen molar-refractivity contribution in [1.29, 1.82) is 0 Å². The van der Waals surface area contributed by atoms with Crippen LogP contribution in [0.3, 0.4) is 0 Å². The predicted molar refractivity (Wildman–Crippen MR) is 233 cm³/mol. The third kappa shape index (κ3) is 8.37. The lowest BCUT2D eigenvalue weighted by Crippen LogP contribution is -2.46. The van der Waals surface area contributed by atoms with Crippen molar-refractivity contribution < 1.29 is 55.5 Å². The summed E-state index contributed by atoms with van der Waals surface area (Å²) in [7, 11) is -4.66. The Morgan fingerprint density at radius 3 is 2.37 bits per heavy atom. The molecule has 1 saturated carbocycles. The summed E-state index contributed by atoms with van der Waals surface area (Å²) in [5.74, 6) is -1.76. The van der Waals surface area contributed by atoms with Crippen molar-refractivity contribution in [2.75, 3.05) is 56.8 Å². The first-order chi connectivity index (χ1) is 32.3. The lowest BCUT2D eigenvalue weighted by atomic mass is 10.0. The van der Waals surface area contributed by atoms with Crippen LogP contribution in [-0.4, -0.2) is 126 Å². The second-order valence-electron chi connectivity index (χ2n) is 16.4. The zero-order valence-corrected chi connectivity index (χ0v) is 38.1. The number of aromatic amines is 1. The third-order valence-corrected chi connectivity index (χ3v) is 15.6. The molecule has 4 bridgehead atoms. The molecule has 0 spiro atoms. The molecule has 67 heavy (non-hydrogen) atoms. The van der Waals surface area contributed by atoms with Crippen LogP contribution < -0.4 is 16.2 Å². The molecule has 1 aromatic carbocycles. The maximum absolute atomic E-state index is 14.9. The lowest BCUT2D eigenvalue weighted by Gasteiger charge is -2.35. The molecule has 5 aliphatic rings. The summed E-state index contributed by atoms with van der Waals surface area (Å²) < 4.78 is 75.4. The van der Waals surface area contributed by atoms with E-state index in [1.54, 1.807) is 48.7 Å². The lowest BCUT2D eigenvalue weighted by molar-refractivity contribution is -0.184. The number of hydrogen-bond donors (Lipinski definition) is 3. The van der Waals surface area contributed by atoms with Crippen molar-refractivity contribution >= 4 is 72.3 Å². The summed E-state index contributed by atoms with van der Waals surface area (Å²) in [4.78, 5) is 70.2. The number of carbonyl (C=O) groups is 2. The van der Waals surface area contributed by atoms with Gasteiger partial charge in [-0.2, -0.15) is 4.98 Å². The molecular formula is C39H40N12O13P2S. The van der Waals surface area contributed by atoms with E-state index in [0.29, 0.717) is 12.0 Å². The highest BCUT2D eigenvalue weighted by Crippen LogP contribution is 2.68. The molecule has 2 unspecified atom stereocenters. The number of hydrogen-bond acceptors (Lipinski definition) is 19. The standard InChI is InChI=1S/C39H40N12O13P2S/c1-21(2)32(52)48-37-47-31-25(34(54)49-37)45-20-51(31)35-26-23-14-38(23,61-35)16-59-65(55,57-12-10-40-3)64-28-27-36(62-39(28,15-56-27)17-60-66(67,63-26)58-13-11-41-4)50-19-44-24-29(42-18-43-30(24)50)46-33(53)22-8-6-5-7-9-22/h5-9,18-21,23,26-28,35-36H,10-17H2,1-2H3,(H,42,43,46,53)(H2,47,48,49,52,54)/t23-,26+,27+,28-,35+,36+,38+,39+,65?,66?/m0/s1. The second-order valence-corrected chi connectivity index (χ2v) is 21.0. The monoisotopic (exact) mass is 978 g/mol. The topological polar surface area (TPSA) is 274 Å². The van der Waals surface area contributed by atoms with Gasteiger partial charge >= 0.3 is 14.5 Å². The molecule has 4 aliphatic heterocycles. The maximum Gasteiger partial charge on any atom is 0.475 e. The van der Waals surface area contributed by atoms with Crippen LogP contribution in [0, 0.1) is 25.0 Å². The number of rotatable bonds is 12. The summed E-state index contributed by atoms with van der Waals surface area (Å²) in [5, 5.41) is 5.38. The van der Waals surface area contributed by atoms with Gasteiger partial charge in [-0.3, -0.25) is 47.4 Å². The van der Waals surface area contributed by atoms with Crippen LogP contribution in [-0.2, 0) is 62.5 Å². The van der Waals surface area contributed by atoms with Crippen LogP contribution in [0.1, 0.15) is 43.1 Å². The fourth-order valence-corrected chi connectivity index (χ4v) is 12.0. The number of anilines is 2. The summed E-state index contributed by atoms with van der Waals surface area (Å²) in [6.45, 7) is 12.4. The van der Waals surface area contributed by atoms with Crippen molar-refractivity contribution in [3.63, 3.8) is 0 Å². The molecule has 10 rings (SSSR count). The molecule has 25 nitrogen and oxygen atoms in total. The molecule has 0 radical (unpaired) electrons. The van der Waals surface area contributed by atoms with Gasteiger partial charge in [0.15, 0.2) is 40.6 Å². The Balaban J connectivity index is 1.01. The minimum atomic E-state index is -4.66. The first kappa shape index (κ1) is 45.3. The van der Waals surface area contributed by atoms with Crippen molar-refractivity contribution in [1.82, 2.24) is 39.0 Å². The highest BCUT2D eigenvalue weighted by molar-refractivity contribution is 8.07. The van der Waals surface area contributed by atoms with E-state index in [1.165, 1.54) is 23.5 Å². The average Bonchev–Trinajstić information content (AvgIpc) is 3.80. The predicted octanol–water partition coefficient (Wildman–Crippen LogP) is 3.78. The summed E-state index contributed by atoms with van der Waals surface area (Å²) in [6, 6.07) is 8.55. The minimum Gasteiger partial charge on any atom is -0.367 e. The van der Waals surface area contributed by atoms with E-state index in [1.807, 2.05) is 0 Å². The van der Waals surface area contributed by atoms with Crippen LogP contribution in [0.25, 0.3) is 32.0 Å². The average molecular weight is 979 g/mol. The van der Waals surface area contributed by atoms with E-state index in [9.17, 15) is 18.9 Å². The molecule has 4 aromatic heterocycles. The number of carbonyl (C=O) groups excluding carboxylic acids is 2. The number of nitrogens with zero attached hydrogens (tertiary/aromatic N) is 9. The number of benzene rings is 1. The van der Waals surface area contributed by atoms with Crippen molar-refractivity contribution in [3.05, 3.63) is 88.1 Å². The fraction of sp³-hybridized carbons (Fsp3) is 0.487. The largest absolute Gasteiger partial charge is 0.475 e. The quantitative estimate of drug-likeness (QED) is 0.0911. The Kier molecular flexibility index (Phi) is 11.9. The molecule has 2 amide bonds. The normalized spacial score (nSPS) is 32.1. The van der Waals surface area contributed by atoms with Gasteiger partial charge < -0.3 is 42.8 Å². The van der Waals surface area contributed by atoms with Crippen LogP contribution in [0.5, 0.6) is 0 Å². The summed E-state index contributed by atoms with van der Waals surface area (Å²) >= 11 is 6.10. The van der Waals surface area contributed by atoms with Gasteiger partial charge in [-0.15, -0.1) is 0 Å². The Morgan fingerprint density at radius 1 is 0.910 bits per heavy atom. The number of H-pyrrole nitrogens is 1. The second kappa shape index (κ2) is 17.6. The van der Waals surface area contributed by atoms with Gasteiger partial charge in [0.1, 0.15) is 49.1 Å². The number of phosphoric acid groups is 1. The highest BCUT2D eigenvalue weighted by atomic mass is 32.5. The Morgan fingerprint density at radius 2 is 1.61 bits per heavy atom. The molecule has 10 atom stereocenters. The molecule has 28 heteroatoms. The number of phosphoric ester groups is 1. The molecule has 1 aliphatic carbocycles. The number of imidazole rings is 2. The zero-order chi connectivity index (χ0) is 46.7. The van der Waals surface area contributed by atoms with Crippen molar-refractivity contribution in [2.24, 2.45) is 11.8 Å². The van der Waals surface area contributed by atoms with Crippen molar-refractivity contribution in [3.8, 4) is 0 Å². The van der Waals surface area contributed by atoms with Crippen LogP contribution in [0.4, 0.5) is 11.8 Å². The smallest absolute Gasteiger partial charge is 0.367 e. The Bertz CT molecular complexity index is 3020. The summed E-state index contributed by atoms with van der Waals surface area (Å²) in [5.41, 5.74) is -2.64. The number of ether oxygens (including phenoxy) is 3. The Hall–Kier alpha value is -5.44. The summed E-state index contributed by atoms with van der Waals surface area (Å²) in [6.07, 6.45) is -1.22. The van der Waals surface area contributed by atoms with E-state index < -0.39 is 92.3 Å². The third-order valence-electron chi connectivity index (χ3n) is 11.8. The molecule has 8 heterocycles. The van der Waals surface area contributed by atoms with E-state index in [4.69, 9.17) is 66.3 Å². The van der Waals surface area contributed by atoms with Gasteiger partial charge in [0, 0.05) is 17.4 Å². The van der Waals surface area contributed by atoms with E-state index in [-0.39, 0.29) is 73.6 Å². The SMILES string of the molecule is [C-]#[N+]CCOP1(=O)OC[C@]23C[C@H]2[C@@H](OP(=S)(OCC[N+]#[C-])OC[C@@]24CO[C@@H]([C@H](n5cnc6c(NC(=O)c7ccccc7)ncnc65)O2)[C@@H]4O1)[C@H](n1cnc2c(=O)[nH]c(NC(=O)C(C)C)nc21)O3. The van der Waals surface area contributed by atoms with Gasteiger partial charge in [0.2, 0.25) is 24.9 Å². The van der Waals surface area contributed by atoms with Gasteiger partial charge in [-0.1, -0.05) is 32.0 Å². The van der Waals surface area contributed by atoms with Gasteiger partial charge in [0.25, 0.3) is 11.5 Å². The number of fused-ring (bicyclic) bond motifs is 2. The zero-order valence-electron chi connectivity index (χ0n) is 35.5. The first-order valence-electron chi connectivity index (χ1n) is 20.9. The van der Waals surface area contributed by atoms with Crippen LogP contribution in [0.15, 0.2) is 54.1 Å². The first-order valence-corrected chi connectivity index (χ1v) is 24.9.